The van der Waals surface area contributed by atoms with Crippen molar-refractivity contribution in [1.82, 2.24) is 0 Å². The molecular weight excluding hydrogens is 292 g/mol. The third kappa shape index (κ3) is 45.8. The molecule has 0 spiro atoms. The largest absolute Gasteiger partial charge is 0.394 e. The molecule has 118 valence electrons. The van der Waals surface area contributed by atoms with E-state index in [1.54, 1.807) is 14.2 Å². The normalized spacial score (nSPS) is 8.89. The molecule has 7 nitrogen and oxygen atoms in total. The van der Waals surface area contributed by atoms with Crippen LogP contribution in [-0.4, -0.2) is 77.3 Å². The maximum absolute atomic E-state index is 8.20. The second kappa shape index (κ2) is 31.0. The van der Waals surface area contributed by atoms with Crippen LogP contribution in [0.2, 0.25) is 0 Å². The van der Waals surface area contributed by atoms with E-state index in [1.165, 1.54) is 0 Å². The van der Waals surface area contributed by atoms with Crippen LogP contribution in [0.4, 0.5) is 0 Å². The van der Waals surface area contributed by atoms with Crippen LogP contribution in [0.5, 0.6) is 0 Å². The zero-order chi connectivity index (χ0) is 15.2. The lowest BCUT2D eigenvalue weighted by molar-refractivity contribution is 0.0500. The van der Waals surface area contributed by atoms with Gasteiger partial charge in [-0.15, -0.1) is 0 Å². The van der Waals surface area contributed by atoms with E-state index in [0.29, 0.717) is 39.6 Å². The first-order chi connectivity index (χ1) is 9.24. The Morgan fingerprint density at radius 3 is 1.37 bits per heavy atom. The highest BCUT2D eigenvalue weighted by atomic mass is 31.1. The summed E-state index contributed by atoms with van der Waals surface area (Å²) in [6.45, 7) is 3.31. The van der Waals surface area contributed by atoms with E-state index in [1.807, 2.05) is 0 Å². The van der Waals surface area contributed by atoms with Crippen molar-refractivity contribution in [3.05, 3.63) is 0 Å². The molecule has 0 saturated heterocycles. The van der Waals surface area contributed by atoms with Crippen molar-refractivity contribution in [2.24, 2.45) is 4.52 Å². The average molecular weight is 319 g/mol. The van der Waals surface area contributed by atoms with Gasteiger partial charge in [0.25, 0.3) is 0 Å². The number of methoxy groups -OCH3 is 2. The van der Waals surface area contributed by atoms with Gasteiger partial charge < -0.3 is 29.2 Å². The van der Waals surface area contributed by atoms with Crippen molar-refractivity contribution in [2.75, 3.05) is 67.1 Å². The van der Waals surface area contributed by atoms with Gasteiger partial charge in [-0.2, -0.15) is 0 Å². The number of hydrogen-bond donors (Lipinski definition) is 2. The number of nitrogens with zero attached hydrogens (tertiary/aromatic N) is 1. The highest BCUT2D eigenvalue weighted by Gasteiger charge is 1.83. The fraction of sp³-hybridized carbons (Fsp3) is 1.00. The minimum Gasteiger partial charge on any atom is -0.394 e. The van der Waals surface area contributed by atoms with Crippen molar-refractivity contribution in [2.45, 2.75) is 0 Å². The quantitative estimate of drug-likeness (QED) is 0.447. The first-order valence-corrected chi connectivity index (χ1v) is 6.63. The van der Waals surface area contributed by atoms with Gasteiger partial charge in [-0.25, -0.2) is 0 Å². The van der Waals surface area contributed by atoms with Crippen LogP contribution in [0.25, 0.3) is 0 Å². The lowest BCUT2D eigenvalue weighted by Crippen LogP contribution is -2.05. The molecule has 0 bridgehead atoms. The summed E-state index contributed by atoms with van der Waals surface area (Å²) < 4.78 is 22.3. The van der Waals surface area contributed by atoms with Crippen LogP contribution in [0.1, 0.15) is 0 Å². The van der Waals surface area contributed by atoms with Gasteiger partial charge in [-0.3, -0.25) is 4.52 Å². The Labute approximate surface area is 120 Å². The molecule has 0 aliphatic rings. The van der Waals surface area contributed by atoms with E-state index in [9.17, 15) is 0 Å². The van der Waals surface area contributed by atoms with Gasteiger partial charge in [-0.05, 0) is 18.4 Å². The fourth-order valence-electron chi connectivity index (χ4n) is 0.618. The zero-order valence-electron chi connectivity index (χ0n) is 11.7. The summed E-state index contributed by atoms with van der Waals surface area (Å²) in [7, 11) is 8.12. The molecule has 0 aliphatic carbocycles. The van der Waals surface area contributed by atoms with Gasteiger partial charge in [0.15, 0.2) is 0 Å². The van der Waals surface area contributed by atoms with Crippen molar-refractivity contribution in [3.8, 4) is 0 Å². The Morgan fingerprint density at radius 1 is 0.842 bits per heavy atom. The first-order valence-electron chi connectivity index (χ1n) is 5.66. The maximum atomic E-state index is 8.20. The molecule has 0 heterocycles. The molecule has 9 heteroatoms. The minimum absolute atomic E-state index is 0.0870. The molecule has 1 unspecified atom stereocenters. The fourth-order valence-corrected chi connectivity index (χ4v) is 0.618. The molecule has 0 saturated carbocycles. The van der Waals surface area contributed by atoms with E-state index < -0.39 is 0 Å². The van der Waals surface area contributed by atoms with Crippen LogP contribution in [0.15, 0.2) is 4.52 Å². The van der Waals surface area contributed by atoms with E-state index in [0.717, 1.165) is 0 Å². The van der Waals surface area contributed by atoms with E-state index in [-0.39, 0.29) is 13.2 Å². The molecule has 0 radical (unpaired) electrons. The predicted octanol–water partition coefficient (Wildman–Crippen LogP) is 0.386. The summed E-state index contributed by atoms with van der Waals surface area (Å²) in [6.07, 6.45) is 0. The lowest BCUT2D eigenvalue weighted by Gasteiger charge is -1.98. The maximum Gasteiger partial charge on any atom is 0.0701 e. The minimum atomic E-state index is 0.0870. The number of aliphatic hydroxyl groups is 2. The van der Waals surface area contributed by atoms with Gasteiger partial charge in [0.1, 0.15) is 0 Å². The molecule has 0 fully saturated rings. The van der Waals surface area contributed by atoms with Crippen molar-refractivity contribution in [1.29, 1.82) is 0 Å². The van der Waals surface area contributed by atoms with E-state index in [4.69, 9.17) is 19.7 Å². The van der Waals surface area contributed by atoms with Crippen molar-refractivity contribution < 1.29 is 29.2 Å². The second-order valence-corrected chi connectivity index (χ2v) is 3.82. The lowest BCUT2D eigenvalue weighted by atomic mass is 10.7. The second-order valence-electron chi connectivity index (χ2n) is 2.79. The zero-order valence-corrected chi connectivity index (χ0v) is 13.9. The average Bonchev–Trinajstić information content (AvgIpc) is 2.42. The van der Waals surface area contributed by atoms with E-state index in [2.05, 4.69) is 32.4 Å². The molecule has 19 heavy (non-hydrogen) atoms. The summed E-state index contributed by atoms with van der Waals surface area (Å²) in [5, 5.41) is 16.4. The summed E-state index contributed by atoms with van der Waals surface area (Å²) in [5.41, 5.74) is 0. The molecule has 0 amide bonds. The van der Waals surface area contributed by atoms with Crippen LogP contribution < -0.4 is 0 Å². The first kappa shape index (κ1) is 24.3. The third-order valence-electron chi connectivity index (χ3n) is 1.33. The number of rotatable bonds is 10. The molecule has 0 aromatic rings. The smallest absolute Gasteiger partial charge is 0.0701 e. The van der Waals surface area contributed by atoms with Gasteiger partial charge in [-0.1, -0.05) is 0 Å². The summed E-state index contributed by atoms with van der Waals surface area (Å²) in [6, 6.07) is 0. The van der Waals surface area contributed by atoms with Crippen LogP contribution in [0, 0.1) is 0 Å². The molecule has 0 rings (SSSR count). The highest BCUT2D eigenvalue weighted by Crippen LogP contribution is 1.79. The third-order valence-corrected chi connectivity index (χ3v) is 1.33. The Bertz CT molecular complexity index is 121. The van der Waals surface area contributed by atoms with Crippen LogP contribution in [-0.2, 0) is 18.9 Å². The van der Waals surface area contributed by atoms with E-state index >= 15 is 0 Å². The van der Waals surface area contributed by atoms with Gasteiger partial charge >= 0.3 is 0 Å². The highest BCUT2D eigenvalue weighted by molar-refractivity contribution is 7.23. The van der Waals surface area contributed by atoms with Crippen LogP contribution >= 0.6 is 18.4 Å². The van der Waals surface area contributed by atoms with Gasteiger partial charge in [0, 0.05) is 14.2 Å². The monoisotopic (exact) mass is 319 g/mol. The Balaban J connectivity index is -0.000000224. The Morgan fingerprint density at radius 2 is 1.16 bits per heavy atom. The molecular formula is C10H27NO6P2. The van der Waals surface area contributed by atoms with Crippen LogP contribution in [0.3, 0.4) is 0 Å². The topological polar surface area (TPSA) is 89.7 Å². The van der Waals surface area contributed by atoms with Crippen molar-refractivity contribution >= 4 is 18.4 Å². The van der Waals surface area contributed by atoms with Gasteiger partial charge in [0.2, 0.25) is 0 Å². The number of hydrogen-bond acceptors (Lipinski definition) is 7. The summed E-state index contributed by atoms with van der Waals surface area (Å²) in [5.74, 6) is 0. The molecule has 0 aromatic heterocycles. The molecule has 1 atom stereocenters. The Hall–Kier alpha value is 0.290. The predicted molar refractivity (Wildman–Crippen MR) is 80.0 cm³/mol. The molecule has 0 aliphatic heterocycles. The van der Waals surface area contributed by atoms with Gasteiger partial charge in [0.05, 0.1) is 52.9 Å². The standard InChI is InChI=1S/2C5H12O3.H3NP2/c2*1-7-4-5-8-3-2-6;2-1-3/h2*6H,2-5H2,1H3;2H,3H2. The summed E-state index contributed by atoms with van der Waals surface area (Å²) in [4.78, 5) is 0. The van der Waals surface area contributed by atoms with Crippen molar-refractivity contribution in [3.63, 3.8) is 0 Å². The Kier molecular flexibility index (Phi) is 39.6. The SMILES string of the molecule is COCCOCCO.COCCOCCO.P=NP. The molecule has 2 N–H and O–H groups in total. The number of ether oxygens (including phenoxy) is 4. The molecule has 0 aromatic carbocycles. The number of aliphatic hydroxyl groups excluding tert-OH is 2. The summed E-state index contributed by atoms with van der Waals surface area (Å²) >= 11 is 0.